The first-order valence-electron chi connectivity index (χ1n) is 15.4. The molecule has 1 atom stereocenters. The van der Waals surface area contributed by atoms with Gasteiger partial charge in [0.05, 0.1) is 34.1 Å². The van der Waals surface area contributed by atoms with E-state index in [9.17, 15) is 19.2 Å². The summed E-state index contributed by atoms with van der Waals surface area (Å²) < 4.78 is 23.2. The molecule has 2 saturated heterocycles. The average Bonchev–Trinajstić information content (AvgIpc) is 3.66. The highest BCUT2D eigenvalue weighted by atomic mass is 35.5. The number of rotatable bonds is 6. The first kappa shape index (κ1) is 32.0. The fourth-order valence-electron chi connectivity index (χ4n) is 7.18. The SMILES string of the molecule is COc1nc(-c2cccc(-c3c(F)ccc(NC(=O)c4cn(C)c(=O)n(C)c4=O)c3Cl)c2Cl)cc2c1[C@@H](N1CC3(CCC(=O)N3)C1)CC2. The van der Waals surface area contributed by atoms with Crippen molar-refractivity contribution in [3.63, 3.8) is 0 Å². The third-order valence-electron chi connectivity index (χ3n) is 9.58. The second-order valence-corrected chi connectivity index (χ2v) is 13.3. The van der Waals surface area contributed by atoms with Crippen LogP contribution in [0.3, 0.4) is 0 Å². The van der Waals surface area contributed by atoms with E-state index in [1.54, 1.807) is 25.3 Å². The number of aryl methyl sites for hydroxylation is 2. The molecule has 0 unspecified atom stereocenters. The molecule has 1 spiro atoms. The molecular weight excluding hydrogens is 662 g/mol. The average molecular weight is 694 g/mol. The van der Waals surface area contributed by atoms with Crippen molar-refractivity contribution in [3.05, 3.63) is 96.0 Å². The number of ether oxygens (including phenoxy) is 1. The smallest absolute Gasteiger partial charge is 0.330 e. The van der Waals surface area contributed by atoms with Crippen LogP contribution in [-0.2, 0) is 25.3 Å². The number of carbonyl (C=O) groups excluding carboxylic acids is 2. The van der Waals surface area contributed by atoms with Crippen molar-refractivity contribution in [2.24, 2.45) is 14.1 Å². The molecule has 2 amide bonds. The van der Waals surface area contributed by atoms with E-state index in [-0.39, 0.29) is 49.9 Å². The molecule has 1 aliphatic carbocycles. The number of fused-ring (bicyclic) bond motifs is 1. The lowest BCUT2D eigenvalue weighted by Crippen LogP contribution is -2.67. The maximum atomic E-state index is 15.5. The predicted octanol–water partition coefficient (Wildman–Crippen LogP) is 4.47. The van der Waals surface area contributed by atoms with Gasteiger partial charge in [0.15, 0.2) is 0 Å². The predicted molar refractivity (Wildman–Crippen MR) is 179 cm³/mol. The van der Waals surface area contributed by atoms with Gasteiger partial charge in [0.2, 0.25) is 11.8 Å². The van der Waals surface area contributed by atoms with Crippen molar-refractivity contribution in [2.75, 3.05) is 25.5 Å². The zero-order valence-electron chi connectivity index (χ0n) is 26.3. The van der Waals surface area contributed by atoms with Gasteiger partial charge in [0, 0.05) is 68.1 Å². The van der Waals surface area contributed by atoms with E-state index in [1.165, 1.54) is 20.2 Å². The van der Waals surface area contributed by atoms with Crippen LogP contribution >= 0.6 is 23.2 Å². The Morgan fingerprint density at radius 2 is 1.83 bits per heavy atom. The number of pyridine rings is 1. The van der Waals surface area contributed by atoms with Crippen LogP contribution in [0.15, 0.2) is 52.2 Å². The minimum Gasteiger partial charge on any atom is -0.481 e. The van der Waals surface area contributed by atoms with Crippen LogP contribution in [-0.4, -0.2) is 56.6 Å². The topological polar surface area (TPSA) is 128 Å². The summed E-state index contributed by atoms with van der Waals surface area (Å²) in [5, 5.41) is 5.77. The van der Waals surface area contributed by atoms with E-state index in [0.717, 1.165) is 64.9 Å². The minimum atomic E-state index is -0.820. The number of amides is 2. The van der Waals surface area contributed by atoms with Gasteiger partial charge < -0.3 is 19.9 Å². The lowest BCUT2D eigenvalue weighted by Gasteiger charge is -2.50. The van der Waals surface area contributed by atoms with Crippen molar-refractivity contribution in [1.82, 2.24) is 24.3 Å². The maximum absolute atomic E-state index is 15.5. The molecular formula is C34H31Cl2FN6O5. The fraction of sp³-hybridized carbons (Fsp3) is 0.324. The van der Waals surface area contributed by atoms with Gasteiger partial charge in [0.1, 0.15) is 11.4 Å². The zero-order valence-corrected chi connectivity index (χ0v) is 27.8. The first-order chi connectivity index (χ1) is 22.9. The Hall–Kier alpha value is -4.52. The highest BCUT2D eigenvalue weighted by Gasteiger charge is 2.51. The molecule has 4 heterocycles. The number of methoxy groups -OCH3 is 1. The van der Waals surface area contributed by atoms with Gasteiger partial charge in [0.25, 0.3) is 11.5 Å². The van der Waals surface area contributed by atoms with Gasteiger partial charge >= 0.3 is 5.69 Å². The number of carbonyl (C=O) groups is 2. The highest BCUT2D eigenvalue weighted by molar-refractivity contribution is 6.39. The monoisotopic (exact) mass is 692 g/mol. The molecule has 14 heteroatoms. The minimum absolute atomic E-state index is 0.0451. The fourth-order valence-corrected chi connectivity index (χ4v) is 7.80. The van der Waals surface area contributed by atoms with Gasteiger partial charge in [-0.1, -0.05) is 41.4 Å². The zero-order chi connectivity index (χ0) is 34.1. The molecule has 0 saturated carbocycles. The summed E-state index contributed by atoms with van der Waals surface area (Å²) in [6.45, 7) is 1.57. The summed E-state index contributed by atoms with van der Waals surface area (Å²) in [6.07, 6.45) is 4.24. The van der Waals surface area contributed by atoms with Crippen molar-refractivity contribution in [2.45, 2.75) is 37.3 Å². The quantitative estimate of drug-likeness (QED) is 0.305. The Balaban J connectivity index is 1.21. The molecule has 48 heavy (non-hydrogen) atoms. The second kappa shape index (κ2) is 11.9. The molecule has 0 bridgehead atoms. The number of anilines is 1. The van der Waals surface area contributed by atoms with Gasteiger partial charge in [-0.15, -0.1) is 0 Å². The van der Waals surface area contributed by atoms with Gasteiger partial charge in [-0.2, -0.15) is 0 Å². The molecule has 3 aliphatic rings. The van der Waals surface area contributed by atoms with E-state index >= 15 is 4.39 Å². The number of aromatic nitrogens is 3. The van der Waals surface area contributed by atoms with Crippen molar-refractivity contribution >= 4 is 40.7 Å². The van der Waals surface area contributed by atoms with E-state index in [2.05, 4.69) is 15.5 Å². The molecule has 11 nitrogen and oxygen atoms in total. The number of hydrogen-bond donors (Lipinski definition) is 2. The Kier molecular flexibility index (Phi) is 7.92. The molecule has 2 aromatic carbocycles. The second-order valence-electron chi connectivity index (χ2n) is 12.6. The Morgan fingerprint density at radius 3 is 2.54 bits per heavy atom. The maximum Gasteiger partial charge on any atom is 0.330 e. The number of nitrogens with zero attached hydrogens (tertiary/aromatic N) is 4. The molecule has 4 aromatic rings. The molecule has 2 aliphatic heterocycles. The highest BCUT2D eigenvalue weighted by Crippen LogP contribution is 2.48. The number of benzene rings is 2. The van der Waals surface area contributed by atoms with Crippen molar-refractivity contribution < 1.29 is 18.7 Å². The van der Waals surface area contributed by atoms with Crippen molar-refractivity contribution in [3.8, 4) is 28.3 Å². The molecule has 2 fully saturated rings. The molecule has 248 valence electrons. The summed E-state index contributed by atoms with van der Waals surface area (Å²) in [5.41, 5.74) is 1.66. The van der Waals surface area contributed by atoms with Crippen LogP contribution in [0.4, 0.5) is 10.1 Å². The van der Waals surface area contributed by atoms with Crippen molar-refractivity contribution in [1.29, 1.82) is 0 Å². The lowest BCUT2D eigenvalue weighted by atomic mass is 9.86. The third kappa shape index (κ3) is 5.19. The lowest BCUT2D eigenvalue weighted by molar-refractivity contribution is -0.121. The molecule has 2 aromatic heterocycles. The number of nitrogens with one attached hydrogen (secondary N) is 2. The summed E-state index contributed by atoms with van der Waals surface area (Å²) in [4.78, 5) is 56.8. The van der Waals surface area contributed by atoms with Gasteiger partial charge in [-0.05, 0) is 43.0 Å². The number of likely N-dealkylation sites (tertiary alicyclic amines) is 1. The molecule has 2 N–H and O–H groups in total. The van der Waals surface area contributed by atoms with E-state index in [4.69, 9.17) is 32.9 Å². The van der Waals surface area contributed by atoms with Crippen LogP contribution in [0.2, 0.25) is 10.0 Å². The Bertz CT molecular complexity index is 2160. The first-order valence-corrected chi connectivity index (χ1v) is 16.1. The van der Waals surface area contributed by atoms with E-state index < -0.39 is 23.0 Å². The van der Waals surface area contributed by atoms with Crippen LogP contribution in [0, 0.1) is 5.82 Å². The number of halogens is 3. The Labute approximate surface area is 284 Å². The van der Waals surface area contributed by atoms with Crippen LogP contribution in [0.1, 0.15) is 46.8 Å². The van der Waals surface area contributed by atoms with Gasteiger partial charge in [-0.25, -0.2) is 14.2 Å². The van der Waals surface area contributed by atoms with E-state index in [0.29, 0.717) is 23.6 Å². The van der Waals surface area contributed by atoms with E-state index in [1.807, 2.05) is 6.07 Å². The summed E-state index contributed by atoms with van der Waals surface area (Å²) in [5.74, 6) is -0.903. The van der Waals surface area contributed by atoms with Crippen LogP contribution < -0.4 is 26.6 Å². The van der Waals surface area contributed by atoms with Gasteiger partial charge in [-0.3, -0.25) is 23.9 Å². The molecule has 7 rings (SSSR count). The van der Waals surface area contributed by atoms with Crippen LogP contribution in [0.25, 0.3) is 22.4 Å². The standard InChI is InChI=1S/C34H31Cl2FN6O5/c1-41-14-20(32(46)42(2)33(41)47)30(45)38-22-9-8-21(37)27(29(22)36)19-6-4-5-18(28(19)35)23-13-17-7-10-24(26(17)31(39-23)48-3)43-15-34(16-43)12-11-25(44)40-34/h4-6,8-9,13-14,24H,7,10-12,15-16H2,1-3H3,(H,38,45)(H,40,44)/t24-/m0/s1. The molecule has 0 radical (unpaired) electrons. The Morgan fingerprint density at radius 1 is 1.08 bits per heavy atom. The summed E-state index contributed by atoms with van der Waals surface area (Å²) in [6, 6.07) is 9.64. The normalized spacial score (nSPS) is 18.0. The largest absolute Gasteiger partial charge is 0.481 e. The van der Waals surface area contributed by atoms with Crippen LogP contribution in [0.5, 0.6) is 5.88 Å². The third-order valence-corrected chi connectivity index (χ3v) is 10.4. The number of hydrogen-bond acceptors (Lipinski definition) is 7. The summed E-state index contributed by atoms with van der Waals surface area (Å²) in [7, 11) is 4.26. The summed E-state index contributed by atoms with van der Waals surface area (Å²) >= 11 is 13.7.